The number of hydrogen-bond acceptors (Lipinski definition) is 6. The highest BCUT2D eigenvalue weighted by Crippen LogP contribution is 2.52. The smallest absolute Gasteiger partial charge is 0.260 e. The molecule has 0 aromatic heterocycles. The van der Waals surface area contributed by atoms with Crippen molar-refractivity contribution >= 4 is 23.6 Å². The lowest BCUT2D eigenvalue weighted by atomic mass is 10.0. The van der Waals surface area contributed by atoms with Crippen LogP contribution >= 0.6 is 11.8 Å². The molecular formula is C19H24N2O5S. The van der Waals surface area contributed by atoms with E-state index in [9.17, 15) is 9.59 Å². The van der Waals surface area contributed by atoms with E-state index < -0.39 is 6.04 Å². The standard InChI is InChI=1S/C19H24N2O5S/c1-24-14-4-3-12-15(16(14)25-2)18(23)21-13(10-27-19(12)21)17(22)20-9-11-5-7-26-8-6-11/h3-4,11,13,19H,5-10H2,1-2H3,(H,20,22). The molecule has 4 rings (SSSR count). The van der Waals surface area contributed by atoms with E-state index in [1.165, 1.54) is 7.11 Å². The number of rotatable bonds is 5. The predicted octanol–water partition coefficient (Wildman–Crippen LogP) is 1.82. The van der Waals surface area contributed by atoms with Crippen molar-refractivity contribution in [1.82, 2.24) is 10.2 Å². The molecule has 2 saturated heterocycles. The molecule has 3 aliphatic rings. The van der Waals surface area contributed by atoms with Crippen molar-refractivity contribution in [2.24, 2.45) is 5.92 Å². The number of carbonyl (C=O) groups excluding carboxylic acids is 2. The second kappa shape index (κ2) is 7.59. The van der Waals surface area contributed by atoms with Crippen LogP contribution in [-0.2, 0) is 9.53 Å². The molecule has 3 heterocycles. The summed E-state index contributed by atoms with van der Waals surface area (Å²) in [5.41, 5.74) is 1.40. The Balaban J connectivity index is 1.51. The maximum atomic E-state index is 13.1. The Bertz CT molecular complexity index is 750. The van der Waals surface area contributed by atoms with Crippen molar-refractivity contribution in [3.8, 4) is 11.5 Å². The Morgan fingerprint density at radius 3 is 2.78 bits per heavy atom. The number of nitrogens with zero attached hydrogens (tertiary/aromatic N) is 1. The molecule has 0 aliphatic carbocycles. The Labute approximate surface area is 162 Å². The van der Waals surface area contributed by atoms with Crippen molar-refractivity contribution in [3.05, 3.63) is 23.3 Å². The molecule has 2 atom stereocenters. The second-order valence-corrected chi connectivity index (χ2v) is 8.09. The van der Waals surface area contributed by atoms with Crippen molar-refractivity contribution in [1.29, 1.82) is 0 Å². The van der Waals surface area contributed by atoms with E-state index in [1.54, 1.807) is 23.8 Å². The summed E-state index contributed by atoms with van der Waals surface area (Å²) in [5.74, 6) is 1.77. The maximum Gasteiger partial charge on any atom is 0.260 e. The first-order chi connectivity index (χ1) is 13.2. The van der Waals surface area contributed by atoms with Gasteiger partial charge in [-0.05, 0) is 24.8 Å². The van der Waals surface area contributed by atoms with Gasteiger partial charge in [-0.15, -0.1) is 11.8 Å². The molecule has 2 fully saturated rings. The average Bonchev–Trinajstić information content (AvgIpc) is 3.26. The van der Waals surface area contributed by atoms with Gasteiger partial charge in [0.25, 0.3) is 5.91 Å². The second-order valence-electron chi connectivity index (χ2n) is 6.98. The van der Waals surface area contributed by atoms with Crippen LogP contribution in [0.2, 0.25) is 0 Å². The number of nitrogens with one attached hydrogen (secondary N) is 1. The van der Waals surface area contributed by atoms with E-state index in [2.05, 4.69) is 5.32 Å². The molecule has 146 valence electrons. The van der Waals surface area contributed by atoms with Crippen molar-refractivity contribution in [2.75, 3.05) is 39.7 Å². The van der Waals surface area contributed by atoms with Crippen molar-refractivity contribution in [3.63, 3.8) is 0 Å². The number of carbonyl (C=O) groups is 2. The van der Waals surface area contributed by atoms with Gasteiger partial charge in [-0.2, -0.15) is 0 Å². The zero-order valence-electron chi connectivity index (χ0n) is 15.5. The molecule has 1 aromatic carbocycles. The monoisotopic (exact) mass is 392 g/mol. The number of ether oxygens (including phenoxy) is 3. The molecule has 1 aromatic rings. The van der Waals surface area contributed by atoms with Crippen LogP contribution in [0, 0.1) is 5.92 Å². The first-order valence-corrected chi connectivity index (χ1v) is 10.2. The molecule has 0 radical (unpaired) electrons. The summed E-state index contributed by atoms with van der Waals surface area (Å²) in [7, 11) is 3.08. The van der Waals surface area contributed by atoms with Gasteiger partial charge in [0.1, 0.15) is 11.4 Å². The van der Waals surface area contributed by atoms with Crippen LogP contribution in [0.1, 0.15) is 34.1 Å². The summed E-state index contributed by atoms with van der Waals surface area (Å²) in [4.78, 5) is 27.6. The van der Waals surface area contributed by atoms with Crippen LogP contribution < -0.4 is 14.8 Å². The zero-order valence-corrected chi connectivity index (χ0v) is 16.3. The van der Waals surface area contributed by atoms with Gasteiger partial charge in [0.05, 0.1) is 19.8 Å². The summed E-state index contributed by atoms with van der Waals surface area (Å²) < 4.78 is 16.1. The highest BCUT2D eigenvalue weighted by Gasteiger charge is 2.50. The third kappa shape index (κ3) is 3.14. The predicted molar refractivity (Wildman–Crippen MR) is 101 cm³/mol. The van der Waals surface area contributed by atoms with Gasteiger partial charge < -0.3 is 24.4 Å². The van der Waals surface area contributed by atoms with Crippen LogP contribution in [-0.4, -0.2) is 62.5 Å². The highest BCUT2D eigenvalue weighted by atomic mass is 32.2. The van der Waals surface area contributed by atoms with Gasteiger partial charge >= 0.3 is 0 Å². The van der Waals surface area contributed by atoms with Gasteiger partial charge in [0.2, 0.25) is 5.91 Å². The molecule has 2 amide bonds. The molecule has 27 heavy (non-hydrogen) atoms. The molecule has 1 N–H and O–H groups in total. The zero-order chi connectivity index (χ0) is 19.0. The largest absolute Gasteiger partial charge is 0.493 e. The normalized spacial score (nSPS) is 24.5. The fraction of sp³-hybridized carbons (Fsp3) is 0.579. The SMILES string of the molecule is COc1ccc2c(c1OC)C(=O)N1C(C(=O)NCC3CCOCC3)CSC21. The van der Waals surface area contributed by atoms with Gasteiger partial charge in [0.15, 0.2) is 11.5 Å². The van der Waals surface area contributed by atoms with Crippen LogP contribution in [0.5, 0.6) is 11.5 Å². The third-order valence-electron chi connectivity index (χ3n) is 5.50. The molecule has 8 heteroatoms. The van der Waals surface area contributed by atoms with Crippen molar-refractivity contribution in [2.45, 2.75) is 24.3 Å². The van der Waals surface area contributed by atoms with E-state index in [-0.39, 0.29) is 17.2 Å². The minimum atomic E-state index is -0.463. The third-order valence-corrected chi connectivity index (χ3v) is 6.81. The molecule has 2 unspecified atom stereocenters. The number of hydrogen-bond donors (Lipinski definition) is 1. The summed E-state index contributed by atoms with van der Waals surface area (Å²) in [6.45, 7) is 2.15. The number of fused-ring (bicyclic) bond motifs is 3. The summed E-state index contributed by atoms with van der Waals surface area (Å²) in [6, 6.07) is 3.25. The number of thioether (sulfide) groups is 1. The van der Waals surface area contributed by atoms with Crippen LogP contribution in [0.4, 0.5) is 0 Å². The lowest BCUT2D eigenvalue weighted by Crippen LogP contribution is -2.47. The average molecular weight is 392 g/mol. The Morgan fingerprint density at radius 2 is 2.07 bits per heavy atom. The number of benzene rings is 1. The molecule has 0 spiro atoms. The minimum absolute atomic E-state index is 0.0800. The minimum Gasteiger partial charge on any atom is -0.493 e. The van der Waals surface area contributed by atoms with Crippen LogP contribution in [0.3, 0.4) is 0 Å². The Hall–Kier alpha value is -1.93. The van der Waals surface area contributed by atoms with Crippen molar-refractivity contribution < 1.29 is 23.8 Å². The molecular weight excluding hydrogens is 368 g/mol. The number of amides is 2. The maximum absolute atomic E-state index is 13.1. The first kappa shape index (κ1) is 18.4. The lowest BCUT2D eigenvalue weighted by Gasteiger charge is -2.25. The summed E-state index contributed by atoms with van der Waals surface area (Å²) in [6.07, 6.45) is 1.93. The fourth-order valence-corrected chi connectivity index (χ4v) is 5.46. The molecule has 7 nitrogen and oxygen atoms in total. The van der Waals surface area contributed by atoms with Gasteiger partial charge in [-0.1, -0.05) is 6.07 Å². The van der Waals surface area contributed by atoms with E-state index in [0.717, 1.165) is 31.6 Å². The Morgan fingerprint density at radius 1 is 1.30 bits per heavy atom. The van der Waals surface area contributed by atoms with E-state index in [1.807, 2.05) is 12.1 Å². The topological polar surface area (TPSA) is 77.1 Å². The van der Waals surface area contributed by atoms with Gasteiger partial charge in [-0.25, -0.2) is 0 Å². The first-order valence-electron chi connectivity index (χ1n) is 9.20. The fourth-order valence-electron chi connectivity index (χ4n) is 4.01. The van der Waals surface area contributed by atoms with E-state index >= 15 is 0 Å². The summed E-state index contributed by atoms with van der Waals surface area (Å²) in [5, 5.41) is 2.90. The van der Waals surface area contributed by atoms with Gasteiger partial charge in [0, 0.05) is 31.1 Å². The summed E-state index contributed by atoms with van der Waals surface area (Å²) >= 11 is 1.62. The molecule has 0 bridgehead atoms. The Kier molecular flexibility index (Phi) is 5.19. The van der Waals surface area contributed by atoms with E-state index in [4.69, 9.17) is 14.2 Å². The lowest BCUT2D eigenvalue weighted by molar-refractivity contribution is -0.125. The quantitative estimate of drug-likeness (QED) is 0.824. The van der Waals surface area contributed by atoms with Crippen LogP contribution in [0.15, 0.2) is 12.1 Å². The van der Waals surface area contributed by atoms with Gasteiger partial charge in [-0.3, -0.25) is 9.59 Å². The van der Waals surface area contributed by atoms with E-state index in [0.29, 0.717) is 35.3 Å². The molecule has 3 aliphatic heterocycles. The molecule has 0 saturated carbocycles. The number of methoxy groups -OCH3 is 2. The van der Waals surface area contributed by atoms with Crippen LogP contribution in [0.25, 0.3) is 0 Å². The highest BCUT2D eigenvalue weighted by molar-refractivity contribution is 7.99.